The Labute approximate surface area is 198 Å². The number of nitrogens with one attached hydrogen (secondary N) is 2. The van der Waals surface area contributed by atoms with E-state index in [9.17, 15) is 4.79 Å². The summed E-state index contributed by atoms with van der Waals surface area (Å²) >= 11 is 0. The molecule has 30 heavy (non-hydrogen) atoms. The summed E-state index contributed by atoms with van der Waals surface area (Å²) in [5.41, 5.74) is 1.13. The molecule has 3 heterocycles. The van der Waals surface area contributed by atoms with Crippen LogP contribution in [0, 0.1) is 11.8 Å². The quantitative estimate of drug-likeness (QED) is 0.350. The van der Waals surface area contributed by atoms with Crippen LogP contribution in [0.5, 0.6) is 0 Å². The number of nitrogens with zero attached hydrogens (tertiary/aromatic N) is 4. The van der Waals surface area contributed by atoms with E-state index < -0.39 is 0 Å². The Morgan fingerprint density at radius 2 is 1.97 bits per heavy atom. The number of hydrogen-bond donors (Lipinski definition) is 2. The van der Waals surface area contributed by atoms with Crippen molar-refractivity contribution in [3.8, 4) is 0 Å². The van der Waals surface area contributed by atoms with Gasteiger partial charge in [-0.05, 0) is 36.8 Å². The number of piperidine rings is 1. The summed E-state index contributed by atoms with van der Waals surface area (Å²) in [6, 6.07) is 4.50. The second-order valence-electron chi connectivity index (χ2n) is 8.69. The summed E-state index contributed by atoms with van der Waals surface area (Å²) in [6.45, 7) is 10.6. The van der Waals surface area contributed by atoms with E-state index in [4.69, 9.17) is 0 Å². The van der Waals surface area contributed by atoms with Crippen LogP contribution in [-0.2, 0) is 11.3 Å². The predicted octanol–water partition coefficient (Wildman–Crippen LogP) is 2.86. The first kappa shape index (κ1) is 24.7. The molecule has 7 nitrogen and oxygen atoms in total. The van der Waals surface area contributed by atoms with Crippen LogP contribution in [-0.4, -0.2) is 61.0 Å². The fourth-order valence-electron chi connectivity index (χ4n) is 3.96. The second-order valence-corrected chi connectivity index (χ2v) is 8.69. The van der Waals surface area contributed by atoms with Crippen LogP contribution in [0.15, 0.2) is 23.3 Å². The highest BCUT2D eigenvalue weighted by atomic mass is 127. The van der Waals surface area contributed by atoms with Gasteiger partial charge in [0.1, 0.15) is 5.82 Å². The zero-order chi connectivity index (χ0) is 20.8. The van der Waals surface area contributed by atoms with Crippen LogP contribution in [0.2, 0.25) is 0 Å². The van der Waals surface area contributed by atoms with Crippen LogP contribution < -0.4 is 15.5 Å². The number of guanidine groups is 1. The Kier molecular flexibility index (Phi) is 9.64. The maximum Gasteiger partial charge on any atom is 0.225 e. The molecule has 2 aliphatic heterocycles. The number of rotatable bonds is 5. The second kappa shape index (κ2) is 11.7. The third-order valence-electron chi connectivity index (χ3n) is 5.93. The van der Waals surface area contributed by atoms with Crippen LogP contribution in [0.1, 0.15) is 45.6 Å². The third kappa shape index (κ3) is 6.72. The minimum absolute atomic E-state index is 0. The lowest BCUT2D eigenvalue weighted by Gasteiger charge is -2.31. The molecule has 3 rings (SSSR count). The Morgan fingerprint density at radius 3 is 2.57 bits per heavy atom. The van der Waals surface area contributed by atoms with Crippen molar-refractivity contribution in [2.75, 3.05) is 38.1 Å². The fourth-order valence-corrected chi connectivity index (χ4v) is 3.96. The van der Waals surface area contributed by atoms with E-state index in [1.165, 1.54) is 12.8 Å². The number of carbonyl (C=O) groups is 1. The van der Waals surface area contributed by atoms with E-state index in [-0.39, 0.29) is 41.8 Å². The van der Waals surface area contributed by atoms with Crippen molar-refractivity contribution in [1.29, 1.82) is 0 Å². The molecule has 168 valence electrons. The first-order valence-electron chi connectivity index (χ1n) is 10.9. The van der Waals surface area contributed by atoms with Gasteiger partial charge >= 0.3 is 0 Å². The SMILES string of the molecule is CN=C(NCc1ccc(N2CCC(C)CC2)nc1)NC1CCN(C(=O)C(C)C)C1.I. The van der Waals surface area contributed by atoms with E-state index in [0.29, 0.717) is 6.54 Å². The van der Waals surface area contributed by atoms with E-state index in [1.807, 2.05) is 24.9 Å². The highest BCUT2D eigenvalue weighted by Crippen LogP contribution is 2.21. The van der Waals surface area contributed by atoms with E-state index >= 15 is 0 Å². The number of likely N-dealkylation sites (tertiary alicyclic amines) is 1. The van der Waals surface area contributed by atoms with Crippen LogP contribution in [0.25, 0.3) is 0 Å². The van der Waals surface area contributed by atoms with Gasteiger partial charge in [0.2, 0.25) is 5.91 Å². The van der Waals surface area contributed by atoms with Gasteiger partial charge in [0, 0.05) is 57.9 Å². The number of carbonyl (C=O) groups excluding carboxylic acids is 1. The van der Waals surface area contributed by atoms with Crippen molar-refractivity contribution in [3.05, 3.63) is 23.9 Å². The molecule has 1 unspecified atom stereocenters. The van der Waals surface area contributed by atoms with E-state index in [2.05, 4.69) is 44.6 Å². The van der Waals surface area contributed by atoms with Crippen LogP contribution >= 0.6 is 24.0 Å². The molecule has 8 heteroatoms. The Morgan fingerprint density at radius 1 is 1.23 bits per heavy atom. The monoisotopic (exact) mass is 528 g/mol. The number of aromatic nitrogens is 1. The van der Waals surface area contributed by atoms with Gasteiger partial charge in [-0.3, -0.25) is 9.79 Å². The lowest BCUT2D eigenvalue weighted by atomic mass is 9.99. The molecule has 0 bridgehead atoms. The van der Waals surface area contributed by atoms with Crippen molar-refractivity contribution >= 4 is 41.7 Å². The topological polar surface area (TPSA) is 72.9 Å². The molecule has 2 fully saturated rings. The van der Waals surface area contributed by atoms with Crippen molar-refractivity contribution in [1.82, 2.24) is 20.5 Å². The molecule has 2 aliphatic rings. The Bertz CT molecular complexity index is 700. The highest BCUT2D eigenvalue weighted by molar-refractivity contribution is 14.0. The van der Waals surface area contributed by atoms with Gasteiger partial charge in [-0.25, -0.2) is 4.98 Å². The Balaban J connectivity index is 0.00000320. The van der Waals surface area contributed by atoms with Gasteiger partial charge in [-0.2, -0.15) is 0 Å². The number of amides is 1. The highest BCUT2D eigenvalue weighted by Gasteiger charge is 2.28. The van der Waals surface area contributed by atoms with Crippen LogP contribution in [0.4, 0.5) is 5.82 Å². The molecule has 1 atom stereocenters. The summed E-state index contributed by atoms with van der Waals surface area (Å²) < 4.78 is 0. The summed E-state index contributed by atoms with van der Waals surface area (Å²) in [6.07, 6.45) is 5.39. The lowest BCUT2D eigenvalue weighted by molar-refractivity contribution is -0.133. The molecule has 0 aliphatic carbocycles. The molecular formula is C22H37IN6O. The number of anilines is 1. The van der Waals surface area contributed by atoms with Crippen molar-refractivity contribution in [2.24, 2.45) is 16.8 Å². The van der Waals surface area contributed by atoms with Gasteiger partial charge in [0.05, 0.1) is 0 Å². The molecule has 1 aromatic heterocycles. The number of aliphatic imine (C=N–C) groups is 1. The zero-order valence-electron chi connectivity index (χ0n) is 18.7. The molecule has 1 aromatic rings. The van der Waals surface area contributed by atoms with Gasteiger partial charge in [-0.15, -0.1) is 24.0 Å². The summed E-state index contributed by atoms with van der Waals surface area (Å²) in [5, 5.41) is 6.81. The lowest BCUT2D eigenvalue weighted by Crippen LogP contribution is -2.45. The van der Waals surface area contributed by atoms with Gasteiger partial charge in [0.15, 0.2) is 5.96 Å². The Hall–Kier alpha value is -1.58. The van der Waals surface area contributed by atoms with Gasteiger partial charge in [0.25, 0.3) is 0 Å². The minimum atomic E-state index is 0. The normalized spacial score (nSPS) is 20.3. The molecule has 0 spiro atoms. The maximum absolute atomic E-state index is 12.2. The summed E-state index contributed by atoms with van der Waals surface area (Å²) in [7, 11) is 1.78. The van der Waals surface area contributed by atoms with Crippen molar-refractivity contribution in [3.63, 3.8) is 0 Å². The van der Waals surface area contributed by atoms with Gasteiger partial charge in [-0.1, -0.05) is 26.8 Å². The summed E-state index contributed by atoms with van der Waals surface area (Å²) in [4.78, 5) is 25.5. The molecular weight excluding hydrogens is 491 g/mol. The predicted molar refractivity (Wildman–Crippen MR) is 133 cm³/mol. The fraction of sp³-hybridized carbons (Fsp3) is 0.682. The van der Waals surface area contributed by atoms with Crippen LogP contribution in [0.3, 0.4) is 0 Å². The smallest absolute Gasteiger partial charge is 0.225 e. The first-order chi connectivity index (χ1) is 14.0. The molecule has 2 N–H and O–H groups in total. The first-order valence-corrected chi connectivity index (χ1v) is 10.9. The molecule has 1 amide bonds. The largest absolute Gasteiger partial charge is 0.357 e. The van der Waals surface area contributed by atoms with E-state index in [0.717, 1.165) is 55.9 Å². The number of pyridine rings is 1. The third-order valence-corrected chi connectivity index (χ3v) is 5.93. The average Bonchev–Trinajstić information content (AvgIpc) is 3.20. The number of halogens is 1. The van der Waals surface area contributed by atoms with Crippen molar-refractivity contribution < 1.29 is 4.79 Å². The van der Waals surface area contributed by atoms with E-state index in [1.54, 1.807) is 7.05 Å². The van der Waals surface area contributed by atoms with Crippen molar-refractivity contribution in [2.45, 2.75) is 52.6 Å². The molecule has 0 radical (unpaired) electrons. The maximum atomic E-state index is 12.2. The summed E-state index contributed by atoms with van der Waals surface area (Å²) in [5.74, 6) is 2.94. The molecule has 2 saturated heterocycles. The molecule has 0 aromatic carbocycles. The molecule has 0 saturated carbocycles. The number of hydrogen-bond acceptors (Lipinski definition) is 4. The standard InChI is InChI=1S/C22H36N6O.HI/c1-16(2)21(29)28-12-9-19(15-28)26-22(23-4)25-14-18-5-6-20(24-13-18)27-10-7-17(3)8-11-27;/h5-6,13,16-17,19H,7-12,14-15H2,1-4H3,(H2,23,25,26);1H. The zero-order valence-corrected chi connectivity index (χ0v) is 21.1. The average molecular weight is 528 g/mol. The van der Waals surface area contributed by atoms with Gasteiger partial charge < -0.3 is 20.4 Å². The minimum Gasteiger partial charge on any atom is -0.357 e.